The van der Waals surface area contributed by atoms with Gasteiger partial charge >= 0.3 is 5.97 Å². The molecule has 0 radical (unpaired) electrons. The van der Waals surface area contributed by atoms with Crippen LogP contribution >= 0.6 is 0 Å². The van der Waals surface area contributed by atoms with Crippen molar-refractivity contribution in [2.24, 2.45) is 5.92 Å². The van der Waals surface area contributed by atoms with Crippen LogP contribution in [0, 0.1) is 5.92 Å². The summed E-state index contributed by atoms with van der Waals surface area (Å²) in [5.74, 6) is 0.0724. The van der Waals surface area contributed by atoms with Crippen molar-refractivity contribution in [3.8, 4) is 0 Å². The highest BCUT2D eigenvalue weighted by Crippen LogP contribution is 2.37. The van der Waals surface area contributed by atoms with E-state index in [9.17, 15) is 14.7 Å². The quantitative estimate of drug-likeness (QED) is 0.567. The van der Waals surface area contributed by atoms with Gasteiger partial charge in [-0.2, -0.15) is 4.98 Å². The van der Waals surface area contributed by atoms with Gasteiger partial charge in [-0.25, -0.2) is 4.98 Å². The van der Waals surface area contributed by atoms with E-state index in [-0.39, 0.29) is 17.4 Å². The molecule has 1 aliphatic carbocycles. The SMILES string of the molecule is CCCn1c(NCc2ccccc2)nc2nc(C3CCC(C(=O)O)C3)[nH]c2c1=O. The number of aromatic amines is 1. The van der Waals surface area contributed by atoms with Crippen LogP contribution in [0.25, 0.3) is 11.2 Å². The Morgan fingerprint density at radius 3 is 2.76 bits per heavy atom. The number of carboxylic acid groups (broad SMARTS) is 1. The molecule has 3 N–H and O–H groups in total. The smallest absolute Gasteiger partial charge is 0.306 e. The Morgan fingerprint density at radius 2 is 2.07 bits per heavy atom. The van der Waals surface area contributed by atoms with Crippen molar-refractivity contribution >= 4 is 23.1 Å². The number of aliphatic carboxylic acids is 1. The average Bonchev–Trinajstić information content (AvgIpc) is 3.37. The molecule has 0 spiro atoms. The average molecular weight is 395 g/mol. The summed E-state index contributed by atoms with van der Waals surface area (Å²) in [5, 5.41) is 12.5. The van der Waals surface area contributed by atoms with E-state index in [2.05, 4.69) is 20.3 Å². The maximum Gasteiger partial charge on any atom is 0.306 e. The summed E-state index contributed by atoms with van der Waals surface area (Å²) >= 11 is 0. The fourth-order valence-corrected chi connectivity index (χ4v) is 3.99. The molecule has 2 heterocycles. The zero-order valence-electron chi connectivity index (χ0n) is 16.4. The lowest BCUT2D eigenvalue weighted by atomic mass is 10.0. The van der Waals surface area contributed by atoms with Crippen molar-refractivity contribution in [3.05, 3.63) is 52.1 Å². The maximum atomic E-state index is 13.1. The van der Waals surface area contributed by atoms with Gasteiger partial charge in [-0.3, -0.25) is 14.2 Å². The molecule has 8 nitrogen and oxygen atoms in total. The normalized spacial score (nSPS) is 18.9. The van der Waals surface area contributed by atoms with Gasteiger partial charge in [0.25, 0.3) is 5.56 Å². The first-order valence-corrected chi connectivity index (χ1v) is 10.1. The first-order valence-electron chi connectivity index (χ1n) is 10.1. The second-order valence-corrected chi connectivity index (χ2v) is 7.60. The van der Waals surface area contributed by atoms with E-state index in [0.717, 1.165) is 18.4 Å². The van der Waals surface area contributed by atoms with Gasteiger partial charge in [-0.1, -0.05) is 37.3 Å². The predicted molar refractivity (Wildman–Crippen MR) is 110 cm³/mol. The molecule has 4 rings (SSSR count). The Hall–Kier alpha value is -3.16. The van der Waals surface area contributed by atoms with Gasteiger partial charge in [0, 0.05) is 19.0 Å². The Balaban J connectivity index is 1.66. The summed E-state index contributed by atoms with van der Waals surface area (Å²) in [5.41, 5.74) is 1.71. The number of anilines is 1. The van der Waals surface area contributed by atoms with Gasteiger partial charge < -0.3 is 15.4 Å². The van der Waals surface area contributed by atoms with Crippen LogP contribution in [0.3, 0.4) is 0 Å². The molecule has 0 bridgehead atoms. The van der Waals surface area contributed by atoms with Crippen molar-refractivity contribution in [2.45, 2.75) is 51.6 Å². The third-order valence-electron chi connectivity index (χ3n) is 5.54. The monoisotopic (exact) mass is 395 g/mol. The molecule has 0 aliphatic heterocycles. The van der Waals surface area contributed by atoms with E-state index in [1.807, 2.05) is 37.3 Å². The maximum absolute atomic E-state index is 13.1. The summed E-state index contributed by atoms with van der Waals surface area (Å²) in [6.07, 6.45) is 2.72. The van der Waals surface area contributed by atoms with Crippen molar-refractivity contribution in [3.63, 3.8) is 0 Å². The lowest BCUT2D eigenvalue weighted by molar-refractivity contribution is -0.141. The van der Waals surface area contributed by atoms with Crippen LogP contribution in [0.4, 0.5) is 5.95 Å². The van der Waals surface area contributed by atoms with E-state index in [1.54, 1.807) is 4.57 Å². The molecule has 0 saturated heterocycles. The molecular formula is C21H25N5O3. The molecule has 1 saturated carbocycles. The molecule has 1 aromatic carbocycles. The Bertz CT molecular complexity index is 1070. The molecule has 2 unspecified atom stereocenters. The summed E-state index contributed by atoms with van der Waals surface area (Å²) in [6.45, 7) is 3.13. The minimum atomic E-state index is -0.764. The van der Waals surface area contributed by atoms with Crippen LogP contribution in [0.2, 0.25) is 0 Å². The zero-order valence-corrected chi connectivity index (χ0v) is 16.4. The van der Waals surface area contributed by atoms with Crippen molar-refractivity contribution in [2.75, 3.05) is 5.32 Å². The van der Waals surface area contributed by atoms with Gasteiger partial charge in [0.2, 0.25) is 5.95 Å². The van der Waals surface area contributed by atoms with Gasteiger partial charge in [0.05, 0.1) is 5.92 Å². The lowest BCUT2D eigenvalue weighted by Crippen LogP contribution is -2.25. The number of fused-ring (bicyclic) bond motifs is 1. The number of hydrogen-bond acceptors (Lipinski definition) is 5. The van der Waals surface area contributed by atoms with Crippen LogP contribution in [0.15, 0.2) is 35.1 Å². The number of carbonyl (C=O) groups is 1. The number of aromatic nitrogens is 4. The van der Waals surface area contributed by atoms with E-state index in [0.29, 0.717) is 48.9 Å². The third-order valence-corrected chi connectivity index (χ3v) is 5.54. The highest BCUT2D eigenvalue weighted by Gasteiger charge is 2.32. The first kappa shape index (κ1) is 19.2. The van der Waals surface area contributed by atoms with E-state index in [4.69, 9.17) is 0 Å². The molecule has 2 atom stereocenters. The standard InChI is InChI=1S/C21H25N5O3/c1-2-10-26-19(27)16-18(25-21(26)22-12-13-6-4-3-5-7-13)24-17(23-16)14-8-9-15(11-14)20(28)29/h3-7,14-15H,2,8-12H2,1H3,(H,22,25)(H,23,24)(H,28,29). The number of hydrogen-bond donors (Lipinski definition) is 3. The third kappa shape index (κ3) is 3.87. The van der Waals surface area contributed by atoms with E-state index in [1.165, 1.54) is 0 Å². The highest BCUT2D eigenvalue weighted by atomic mass is 16.4. The summed E-state index contributed by atoms with van der Waals surface area (Å²) in [4.78, 5) is 36.6. The molecule has 29 heavy (non-hydrogen) atoms. The number of carboxylic acids is 1. The molecular weight excluding hydrogens is 370 g/mol. The fourth-order valence-electron chi connectivity index (χ4n) is 3.99. The Labute approximate surface area is 168 Å². The number of nitrogens with zero attached hydrogens (tertiary/aromatic N) is 3. The lowest BCUT2D eigenvalue weighted by Gasteiger charge is -2.12. The minimum absolute atomic E-state index is 0.0186. The number of rotatable bonds is 7. The molecule has 1 aliphatic rings. The fraction of sp³-hybridized carbons (Fsp3) is 0.429. The molecule has 8 heteroatoms. The highest BCUT2D eigenvalue weighted by molar-refractivity contribution is 5.72. The molecule has 2 aromatic heterocycles. The second-order valence-electron chi connectivity index (χ2n) is 7.60. The summed E-state index contributed by atoms with van der Waals surface area (Å²) in [7, 11) is 0. The minimum Gasteiger partial charge on any atom is -0.481 e. The molecule has 152 valence electrons. The van der Waals surface area contributed by atoms with Crippen LogP contribution in [0.1, 0.15) is 49.9 Å². The van der Waals surface area contributed by atoms with Crippen LogP contribution in [-0.4, -0.2) is 30.6 Å². The van der Waals surface area contributed by atoms with Crippen LogP contribution in [0.5, 0.6) is 0 Å². The van der Waals surface area contributed by atoms with E-state index < -0.39 is 5.97 Å². The van der Waals surface area contributed by atoms with Gasteiger partial charge in [-0.15, -0.1) is 0 Å². The second kappa shape index (κ2) is 8.06. The van der Waals surface area contributed by atoms with Crippen molar-refractivity contribution in [1.29, 1.82) is 0 Å². The number of nitrogens with one attached hydrogen (secondary N) is 2. The zero-order chi connectivity index (χ0) is 20.4. The van der Waals surface area contributed by atoms with Gasteiger partial charge in [0.15, 0.2) is 11.2 Å². The molecule has 3 aromatic rings. The molecule has 0 amide bonds. The van der Waals surface area contributed by atoms with Gasteiger partial charge in [-0.05, 0) is 31.2 Å². The van der Waals surface area contributed by atoms with Crippen molar-refractivity contribution in [1.82, 2.24) is 19.5 Å². The number of benzene rings is 1. The number of imidazole rings is 1. The van der Waals surface area contributed by atoms with Crippen LogP contribution in [-0.2, 0) is 17.9 Å². The Kier molecular flexibility index (Phi) is 5.33. The Morgan fingerprint density at radius 1 is 1.28 bits per heavy atom. The topological polar surface area (TPSA) is 113 Å². The van der Waals surface area contributed by atoms with E-state index >= 15 is 0 Å². The first-order chi connectivity index (χ1) is 14.1. The van der Waals surface area contributed by atoms with Crippen molar-refractivity contribution < 1.29 is 9.90 Å². The van der Waals surface area contributed by atoms with Gasteiger partial charge in [0.1, 0.15) is 5.82 Å². The number of H-pyrrole nitrogens is 1. The largest absolute Gasteiger partial charge is 0.481 e. The predicted octanol–water partition coefficient (Wildman–Crippen LogP) is 3.11. The summed E-state index contributed by atoms with van der Waals surface area (Å²) in [6, 6.07) is 9.93. The summed E-state index contributed by atoms with van der Waals surface area (Å²) < 4.78 is 1.64. The van der Waals surface area contributed by atoms with Crippen LogP contribution < -0.4 is 10.9 Å². The molecule has 1 fully saturated rings.